The van der Waals surface area contributed by atoms with Crippen LogP contribution in [-0.4, -0.2) is 66.5 Å². The minimum atomic E-state index is -8.55. The maximum Gasteiger partial charge on any atom is 0.438 e. The molecule has 0 spiro atoms. The zero-order valence-electron chi connectivity index (χ0n) is 17.1. The first-order valence-electron chi connectivity index (χ1n) is 8.71. The van der Waals surface area contributed by atoms with Gasteiger partial charge in [0.1, 0.15) is 0 Å². The predicted molar refractivity (Wildman–Crippen MR) is 89.9 cm³/mol. The summed E-state index contributed by atoms with van der Waals surface area (Å²) in [5, 5.41) is -7.69. The van der Waals surface area contributed by atoms with Gasteiger partial charge < -0.3 is 5.73 Å². The molecular formula is C15H18F15NO3S. The topological polar surface area (TPSA) is 80.4 Å². The van der Waals surface area contributed by atoms with E-state index in [1.165, 1.54) is 0 Å². The Morgan fingerprint density at radius 2 is 1.11 bits per heavy atom. The van der Waals surface area contributed by atoms with Gasteiger partial charge in [-0.15, -0.1) is 6.58 Å². The molecule has 3 N–H and O–H groups in total. The second-order valence-electron chi connectivity index (χ2n) is 6.62. The third-order valence-corrected chi connectivity index (χ3v) is 4.96. The molecule has 212 valence electrons. The molecule has 0 rings (SSSR count). The molecule has 0 aromatic heterocycles. The average Bonchev–Trinajstić information content (AvgIpc) is 2.70. The van der Waals surface area contributed by atoms with Crippen LogP contribution in [0.1, 0.15) is 26.2 Å². The van der Waals surface area contributed by atoms with Gasteiger partial charge in [-0.1, -0.05) is 25.8 Å². The molecule has 0 aromatic carbocycles. The molecular weight excluding hydrogens is 559 g/mol. The van der Waals surface area contributed by atoms with Crippen LogP contribution in [0.25, 0.3) is 0 Å². The molecule has 0 radical (unpaired) electrons. The van der Waals surface area contributed by atoms with Crippen LogP contribution in [0.3, 0.4) is 0 Å². The fourth-order valence-electron chi connectivity index (χ4n) is 1.91. The lowest BCUT2D eigenvalue weighted by molar-refractivity contribution is -0.439. The minimum absolute atomic E-state index is 0.246. The summed E-state index contributed by atoms with van der Waals surface area (Å²) in [6.45, 7) is 5.07. The first-order valence-corrected chi connectivity index (χ1v) is 10.2. The Morgan fingerprint density at radius 3 is 1.40 bits per heavy atom. The van der Waals surface area contributed by atoms with E-state index in [1.54, 1.807) is 6.08 Å². The molecule has 0 bridgehead atoms. The first kappa shape index (κ1) is 35.7. The molecule has 0 aromatic rings. The van der Waals surface area contributed by atoms with Crippen molar-refractivity contribution in [3.05, 3.63) is 12.7 Å². The SMILES string of the molecule is C=CCN.CCCCC(F)C(F)(F)C(F)(F)C(F)(F)C(F)(F)C(F)(F)C(F)(F)C(F)(F)S(=O)(=O)O. The summed E-state index contributed by atoms with van der Waals surface area (Å²) in [6, 6.07) is 0. The van der Waals surface area contributed by atoms with Crippen LogP contribution in [0.5, 0.6) is 0 Å². The van der Waals surface area contributed by atoms with E-state index in [-0.39, 0.29) is 6.42 Å². The molecule has 4 nitrogen and oxygen atoms in total. The standard InChI is InChI=1S/C12H11F15O3S.C3H7N/c1-2-3-4-5(13)6(14,15)7(16,17)8(18,19)9(20,21)10(22,23)11(24,25)12(26,27)31(28,29)30;1-2-3-4/h5H,2-4H2,1H3,(H,28,29,30);2H,1,3-4H2. The lowest BCUT2D eigenvalue weighted by Gasteiger charge is -2.42. The molecule has 20 heteroatoms. The van der Waals surface area contributed by atoms with Crippen molar-refractivity contribution in [1.82, 2.24) is 0 Å². The average molecular weight is 577 g/mol. The highest BCUT2D eigenvalue weighted by molar-refractivity contribution is 7.87. The second-order valence-corrected chi connectivity index (χ2v) is 8.08. The molecule has 0 amide bonds. The van der Waals surface area contributed by atoms with Gasteiger partial charge in [-0.25, -0.2) is 4.39 Å². The van der Waals surface area contributed by atoms with Gasteiger partial charge >= 0.3 is 50.9 Å². The van der Waals surface area contributed by atoms with E-state index in [0.29, 0.717) is 6.54 Å². The normalized spacial score (nSPS) is 15.8. The van der Waals surface area contributed by atoms with Crippen LogP contribution < -0.4 is 5.73 Å². The monoisotopic (exact) mass is 577 g/mol. The van der Waals surface area contributed by atoms with Crippen molar-refractivity contribution < 1.29 is 78.8 Å². The summed E-state index contributed by atoms with van der Waals surface area (Å²) in [7, 11) is -7.77. The van der Waals surface area contributed by atoms with Crippen LogP contribution in [0.15, 0.2) is 12.7 Å². The van der Waals surface area contributed by atoms with Gasteiger partial charge in [-0.05, 0) is 6.42 Å². The fourth-order valence-corrected chi connectivity index (χ4v) is 2.36. The highest BCUT2D eigenvalue weighted by Crippen LogP contribution is 2.63. The fraction of sp³-hybridized carbons (Fsp3) is 0.867. The van der Waals surface area contributed by atoms with Gasteiger partial charge in [-0.2, -0.15) is 69.9 Å². The van der Waals surface area contributed by atoms with Gasteiger partial charge in [0.05, 0.1) is 0 Å². The van der Waals surface area contributed by atoms with Gasteiger partial charge in [0.25, 0.3) is 0 Å². The van der Waals surface area contributed by atoms with Crippen LogP contribution in [-0.2, 0) is 10.1 Å². The number of alkyl halides is 15. The van der Waals surface area contributed by atoms with E-state index in [2.05, 4.69) is 6.58 Å². The third-order valence-electron chi connectivity index (χ3n) is 4.06. The second kappa shape index (κ2) is 10.9. The Hall–Kier alpha value is -1.44. The lowest BCUT2D eigenvalue weighted by atomic mass is 9.89. The summed E-state index contributed by atoms with van der Waals surface area (Å²) in [5.41, 5.74) is 4.91. The van der Waals surface area contributed by atoms with Crippen molar-refractivity contribution in [2.24, 2.45) is 5.73 Å². The summed E-state index contributed by atoms with van der Waals surface area (Å²) >= 11 is 0. The molecule has 0 heterocycles. The highest BCUT2D eigenvalue weighted by Gasteiger charge is 2.94. The van der Waals surface area contributed by atoms with Crippen molar-refractivity contribution >= 4 is 10.1 Å². The molecule has 0 saturated heterocycles. The van der Waals surface area contributed by atoms with Crippen LogP contribution in [0.2, 0.25) is 0 Å². The molecule has 0 aliphatic heterocycles. The lowest BCUT2D eigenvalue weighted by Crippen LogP contribution is -2.74. The Bertz CT molecular complexity index is 814. The Kier molecular flexibility index (Phi) is 11.1. The maximum atomic E-state index is 13.5. The number of nitrogens with two attached hydrogens (primary N) is 1. The smallest absolute Gasteiger partial charge is 0.327 e. The van der Waals surface area contributed by atoms with E-state index < -0.39 is 69.9 Å². The van der Waals surface area contributed by atoms with Crippen molar-refractivity contribution in [2.75, 3.05) is 6.54 Å². The number of hydrogen-bond donors (Lipinski definition) is 2. The van der Waals surface area contributed by atoms with Crippen LogP contribution >= 0.6 is 0 Å². The molecule has 0 fully saturated rings. The third kappa shape index (κ3) is 5.78. The summed E-state index contributed by atoms with van der Waals surface area (Å²) in [4.78, 5) is 0. The Labute approximate surface area is 188 Å². The van der Waals surface area contributed by atoms with Crippen molar-refractivity contribution in [2.45, 2.75) is 73.1 Å². The Balaban J connectivity index is 0. The van der Waals surface area contributed by atoms with Gasteiger partial charge in [0, 0.05) is 6.54 Å². The van der Waals surface area contributed by atoms with Crippen molar-refractivity contribution in [1.29, 1.82) is 0 Å². The highest BCUT2D eigenvalue weighted by atomic mass is 32.2. The van der Waals surface area contributed by atoms with Crippen LogP contribution in [0, 0.1) is 0 Å². The maximum absolute atomic E-state index is 13.5. The number of unbranched alkanes of at least 4 members (excludes halogenated alkanes) is 1. The molecule has 1 atom stereocenters. The van der Waals surface area contributed by atoms with E-state index in [1.807, 2.05) is 0 Å². The molecule has 1 unspecified atom stereocenters. The van der Waals surface area contributed by atoms with E-state index >= 15 is 0 Å². The quantitative estimate of drug-likeness (QED) is 0.171. The van der Waals surface area contributed by atoms with Gasteiger partial charge in [0.2, 0.25) is 0 Å². The predicted octanol–water partition coefficient (Wildman–Crippen LogP) is 5.94. The molecule has 0 saturated carbocycles. The minimum Gasteiger partial charge on any atom is -0.327 e. The zero-order chi connectivity index (χ0) is 29.1. The number of halogens is 15. The zero-order valence-corrected chi connectivity index (χ0v) is 17.9. The number of hydrogen-bond acceptors (Lipinski definition) is 3. The van der Waals surface area contributed by atoms with E-state index in [9.17, 15) is 74.3 Å². The van der Waals surface area contributed by atoms with E-state index in [0.717, 1.165) is 6.92 Å². The van der Waals surface area contributed by atoms with Gasteiger partial charge in [0.15, 0.2) is 6.17 Å². The summed E-state index contributed by atoms with van der Waals surface area (Å²) in [5.74, 6) is -48.5. The van der Waals surface area contributed by atoms with E-state index in [4.69, 9.17) is 10.3 Å². The van der Waals surface area contributed by atoms with Gasteiger partial charge in [-0.3, -0.25) is 4.55 Å². The molecule has 35 heavy (non-hydrogen) atoms. The summed E-state index contributed by atoms with van der Waals surface area (Å²) < 4.78 is 227. The summed E-state index contributed by atoms with van der Waals surface area (Å²) in [6.07, 6.45) is -5.46. The largest absolute Gasteiger partial charge is 0.438 e. The molecule has 0 aliphatic rings. The van der Waals surface area contributed by atoms with Crippen LogP contribution in [0.4, 0.5) is 65.9 Å². The number of rotatable bonds is 12. The van der Waals surface area contributed by atoms with Crippen molar-refractivity contribution in [3.63, 3.8) is 0 Å². The molecule has 0 aliphatic carbocycles. The Morgan fingerprint density at radius 1 is 0.800 bits per heavy atom. The first-order chi connectivity index (χ1) is 15.1. The van der Waals surface area contributed by atoms with Crippen molar-refractivity contribution in [3.8, 4) is 0 Å².